The van der Waals surface area contributed by atoms with Crippen LogP contribution in [0, 0.1) is 12.7 Å². The summed E-state index contributed by atoms with van der Waals surface area (Å²) in [4.78, 5) is 28.6. The molecule has 0 fully saturated rings. The number of carboxylic acid groups (broad SMARTS) is 2. The zero-order valence-electron chi connectivity index (χ0n) is 14.9. The molecule has 0 saturated heterocycles. The number of hydrogen-bond acceptors (Lipinski definition) is 4. The van der Waals surface area contributed by atoms with Gasteiger partial charge < -0.3 is 10.2 Å². The van der Waals surface area contributed by atoms with Crippen LogP contribution in [0.3, 0.4) is 0 Å². The van der Waals surface area contributed by atoms with E-state index in [9.17, 15) is 24.2 Å². The molecule has 5 nitrogen and oxygen atoms in total. The van der Waals surface area contributed by atoms with Crippen LogP contribution in [0.5, 0.6) is 0 Å². The topological polar surface area (TPSA) is 87.5 Å². The third kappa shape index (κ3) is 3.33. The predicted octanol–water partition coefficient (Wildman–Crippen LogP) is 5.65. The van der Waals surface area contributed by atoms with E-state index >= 15 is 0 Å². The Labute approximate surface area is 172 Å². The number of aromatic nitrogens is 1. The molecule has 0 radical (unpaired) electrons. The number of benzene rings is 2. The second-order valence-corrected chi connectivity index (χ2v) is 7.78. The van der Waals surface area contributed by atoms with Crippen molar-refractivity contribution in [1.82, 2.24) is 4.98 Å². The van der Waals surface area contributed by atoms with E-state index in [0.717, 1.165) is 11.3 Å². The van der Waals surface area contributed by atoms with Crippen molar-refractivity contribution in [3.63, 3.8) is 0 Å². The molecule has 3 aromatic rings. The highest BCUT2D eigenvalue weighted by Gasteiger charge is 2.31. The van der Waals surface area contributed by atoms with E-state index < -0.39 is 17.8 Å². The van der Waals surface area contributed by atoms with Gasteiger partial charge in [0.05, 0.1) is 11.1 Å². The van der Waals surface area contributed by atoms with Gasteiger partial charge in [-0.15, -0.1) is 11.3 Å². The quantitative estimate of drug-likeness (QED) is 0.510. The zero-order valence-corrected chi connectivity index (χ0v) is 17.3. The Morgan fingerprint density at radius 3 is 2.36 bits per heavy atom. The fraction of sp³-hybridized carbons (Fsp3) is 0.150. The van der Waals surface area contributed by atoms with Crippen LogP contribution in [0.2, 0.25) is 0 Å². The van der Waals surface area contributed by atoms with Gasteiger partial charge in [0, 0.05) is 27.2 Å². The van der Waals surface area contributed by atoms with Gasteiger partial charge in [-0.05, 0) is 42.2 Å². The van der Waals surface area contributed by atoms with Gasteiger partial charge in [0.25, 0.3) is 0 Å². The molecule has 8 heteroatoms. The lowest BCUT2D eigenvalue weighted by molar-refractivity contribution is 0.0695. The molecule has 0 aliphatic heterocycles. The van der Waals surface area contributed by atoms with Crippen molar-refractivity contribution < 1.29 is 24.2 Å². The van der Waals surface area contributed by atoms with Crippen LogP contribution in [0.15, 0.2) is 34.2 Å². The Morgan fingerprint density at radius 1 is 1.18 bits per heavy atom. The minimum Gasteiger partial charge on any atom is -0.478 e. The van der Waals surface area contributed by atoms with E-state index in [1.54, 1.807) is 12.3 Å². The molecule has 0 spiro atoms. The Morgan fingerprint density at radius 2 is 1.86 bits per heavy atom. The maximum absolute atomic E-state index is 13.6. The smallest absolute Gasteiger partial charge is 0.337 e. The third-order valence-electron chi connectivity index (χ3n) is 4.51. The number of halogens is 2. The molecule has 0 aliphatic carbocycles. The molecule has 0 atom stereocenters. The van der Waals surface area contributed by atoms with Gasteiger partial charge in [-0.1, -0.05) is 28.9 Å². The van der Waals surface area contributed by atoms with E-state index in [0.29, 0.717) is 38.2 Å². The van der Waals surface area contributed by atoms with E-state index in [1.165, 1.54) is 24.4 Å². The SMILES string of the molecule is CCc1c(C)c(C(=O)O)c(-c2nccs2)c(C(=O)O)c1-c1ccc(F)cc1Br. The average Bonchev–Trinajstić information content (AvgIpc) is 3.14. The number of carboxylic acids is 2. The van der Waals surface area contributed by atoms with Crippen molar-refractivity contribution in [2.75, 3.05) is 0 Å². The lowest BCUT2D eigenvalue weighted by Crippen LogP contribution is -2.14. The molecular formula is C20H15BrFNO4S. The number of carbonyl (C=O) groups is 2. The van der Waals surface area contributed by atoms with Gasteiger partial charge >= 0.3 is 11.9 Å². The molecule has 2 aromatic carbocycles. The van der Waals surface area contributed by atoms with Crippen molar-refractivity contribution in [2.24, 2.45) is 0 Å². The molecular weight excluding hydrogens is 449 g/mol. The van der Waals surface area contributed by atoms with E-state index in [1.807, 2.05) is 6.92 Å². The Bertz CT molecular complexity index is 1100. The Balaban J connectivity index is 2.59. The molecule has 0 unspecified atom stereocenters. The zero-order chi connectivity index (χ0) is 20.6. The lowest BCUT2D eigenvalue weighted by Gasteiger charge is -2.21. The van der Waals surface area contributed by atoms with E-state index in [4.69, 9.17) is 0 Å². The summed E-state index contributed by atoms with van der Waals surface area (Å²) in [6.45, 7) is 3.48. The van der Waals surface area contributed by atoms with E-state index in [-0.39, 0.29) is 16.7 Å². The van der Waals surface area contributed by atoms with Gasteiger partial charge in [-0.2, -0.15) is 0 Å². The molecule has 144 valence electrons. The maximum atomic E-state index is 13.6. The molecule has 0 aliphatic rings. The van der Waals surface area contributed by atoms with Gasteiger partial charge in [0.15, 0.2) is 0 Å². The molecule has 0 bridgehead atoms. The first kappa shape index (κ1) is 20.2. The summed E-state index contributed by atoms with van der Waals surface area (Å²) in [5.74, 6) is -2.96. The summed E-state index contributed by atoms with van der Waals surface area (Å²) in [7, 11) is 0. The van der Waals surface area contributed by atoms with Crippen molar-refractivity contribution in [2.45, 2.75) is 20.3 Å². The minimum atomic E-state index is -1.27. The van der Waals surface area contributed by atoms with Crippen LogP contribution in [0.4, 0.5) is 4.39 Å². The monoisotopic (exact) mass is 463 g/mol. The first-order valence-corrected chi connectivity index (χ1v) is 9.96. The summed E-state index contributed by atoms with van der Waals surface area (Å²) >= 11 is 4.48. The van der Waals surface area contributed by atoms with E-state index in [2.05, 4.69) is 20.9 Å². The largest absolute Gasteiger partial charge is 0.478 e. The predicted molar refractivity (Wildman–Crippen MR) is 109 cm³/mol. The van der Waals surface area contributed by atoms with Gasteiger partial charge in [0.2, 0.25) is 0 Å². The number of hydrogen-bond donors (Lipinski definition) is 2. The summed E-state index contributed by atoms with van der Waals surface area (Å²) < 4.78 is 14.0. The molecule has 1 aromatic heterocycles. The highest BCUT2D eigenvalue weighted by Crippen LogP contribution is 2.43. The fourth-order valence-electron chi connectivity index (χ4n) is 3.40. The summed E-state index contributed by atoms with van der Waals surface area (Å²) in [6.07, 6.45) is 1.90. The molecule has 0 amide bonds. The van der Waals surface area contributed by atoms with Crippen LogP contribution < -0.4 is 0 Å². The maximum Gasteiger partial charge on any atom is 0.337 e. The minimum absolute atomic E-state index is 0.0657. The number of aromatic carboxylic acids is 2. The van der Waals surface area contributed by atoms with Crippen LogP contribution in [-0.2, 0) is 6.42 Å². The number of thiazole rings is 1. The Kier molecular flexibility index (Phi) is 5.62. The molecule has 2 N–H and O–H groups in total. The average molecular weight is 464 g/mol. The van der Waals surface area contributed by atoms with Crippen molar-refractivity contribution in [1.29, 1.82) is 0 Å². The first-order chi connectivity index (χ1) is 13.3. The number of nitrogens with zero attached hydrogens (tertiary/aromatic N) is 1. The number of rotatable bonds is 5. The second-order valence-electron chi connectivity index (χ2n) is 6.03. The second kappa shape index (κ2) is 7.81. The van der Waals surface area contributed by atoms with Crippen LogP contribution in [-0.4, -0.2) is 27.1 Å². The van der Waals surface area contributed by atoms with Gasteiger partial charge in [-0.25, -0.2) is 19.0 Å². The van der Waals surface area contributed by atoms with Gasteiger partial charge in [0.1, 0.15) is 10.8 Å². The first-order valence-electron chi connectivity index (χ1n) is 8.29. The standard InChI is InChI=1S/C20H15BrFNO4S/c1-3-11-9(2)14(19(24)25)16(18-23-6-7-28-18)17(20(26)27)15(11)12-5-4-10(22)8-13(12)21/h4-8H,3H2,1-2H3,(H,24,25)(H,26,27). The lowest BCUT2D eigenvalue weighted by atomic mass is 9.83. The van der Waals surface area contributed by atoms with Crippen molar-refractivity contribution >= 4 is 39.2 Å². The highest BCUT2D eigenvalue weighted by atomic mass is 79.9. The highest BCUT2D eigenvalue weighted by molar-refractivity contribution is 9.10. The molecule has 3 rings (SSSR count). The normalized spacial score (nSPS) is 10.9. The summed E-state index contributed by atoms with van der Waals surface area (Å²) in [5, 5.41) is 21.9. The van der Waals surface area contributed by atoms with Crippen LogP contribution in [0.1, 0.15) is 38.8 Å². The molecule has 1 heterocycles. The molecule has 0 saturated carbocycles. The van der Waals surface area contributed by atoms with Gasteiger partial charge in [-0.3, -0.25) is 0 Å². The van der Waals surface area contributed by atoms with Crippen molar-refractivity contribution in [3.8, 4) is 21.7 Å². The third-order valence-corrected chi connectivity index (χ3v) is 5.95. The van der Waals surface area contributed by atoms with Crippen LogP contribution in [0.25, 0.3) is 21.7 Å². The fourth-order valence-corrected chi connectivity index (χ4v) is 4.64. The summed E-state index contributed by atoms with van der Waals surface area (Å²) in [5.41, 5.74) is 1.74. The Hall–Kier alpha value is -2.58. The van der Waals surface area contributed by atoms with Crippen LogP contribution >= 0.6 is 27.3 Å². The summed E-state index contributed by atoms with van der Waals surface area (Å²) in [6, 6.07) is 3.99. The van der Waals surface area contributed by atoms with Crippen molar-refractivity contribution in [3.05, 3.63) is 62.3 Å². The molecule has 28 heavy (non-hydrogen) atoms.